The van der Waals surface area contributed by atoms with Gasteiger partial charge in [-0.2, -0.15) is 0 Å². The van der Waals surface area contributed by atoms with E-state index in [1.165, 1.54) is 4.31 Å². The number of carbonyl (C=O) groups excluding carboxylic acids is 1. The number of rotatable bonds is 4. The van der Waals surface area contributed by atoms with E-state index in [4.69, 9.17) is 11.6 Å². The van der Waals surface area contributed by atoms with Crippen molar-refractivity contribution in [2.75, 3.05) is 24.5 Å². The first kappa shape index (κ1) is 19.4. The zero-order chi connectivity index (χ0) is 19.9. The number of nitrogens with zero attached hydrogens (tertiary/aromatic N) is 2. The smallest absolute Gasteiger partial charge is 0.237 e. The molecule has 1 spiro atoms. The van der Waals surface area contributed by atoms with Crippen molar-refractivity contribution in [3.8, 4) is 0 Å². The predicted molar refractivity (Wildman–Crippen MR) is 111 cm³/mol. The summed E-state index contributed by atoms with van der Waals surface area (Å²) >= 11 is 6.14. The van der Waals surface area contributed by atoms with E-state index >= 15 is 0 Å². The first-order valence-electron chi connectivity index (χ1n) is 9.52. The SMILES string of the molecule is CCN1C(=O)C2(CCN(S(=O)(=O)Cc3ccccc3Cl)CC2)c2ccccc21. The van der Waals surface area contributed by atoms with Crippen LogP contribution < -0.4 is 4.90 Å². The lowest BCUT2D eigenvalue weighted by Crippen LogP contribution is -2.50. The van der Waals surface area contributed by atoms with Gasteiger partial charge in [0.1, 0.15) is 0 Å². The lowest BCUT2D eigenvalue weighted by atomic mass is 9.74. The van der Waals surface area contributed by atoms with Crippen LogP contribution in [-0.4, -0.2) is 38.3 Å². The lowest BCUT2D eigenvalue weighted by molar-refractivity contribution is -0.124. The van der Waals surface area contributed by atoms with Crippen LogP contribution >= 0.6 is 11.6 Å². The Bertz CT molecular complexity index is 1010. The summed E-state index contributed by atoms with van der Waals surface area (Å²) in [6.07, 6.45) is 1.00. The fourth-order valence-corrected chi connectivity index (χ4v) is 6.29. The van der Waals surface area contributed by atoms with Gasteiger partial charge in [-0.05, 0) is 43.0 Å². The molecule has 0 radical (unpaired) electrons. The molecule has 0 aliphatic carbocycles. The molecule has 7 heteroatoms. The Kier molecular flexibility index (Phi) is 4.98. The Morgan fingerprint density at radius 2 is 1.68 bits per heavy atom. The van der Waals surface area contributed by atoms with Gasteiger partial charge in [-0.15, -0.1) is 0 Å². The maximum absolute atomic E-state index is 13.2. The predicted octanol–water partition coefficient (Wildman–Crippen LogP) is 3.57. The van der Waals surface area contributed by atoms with Crippen molar-refractivity contribution in [3.05, 3.63) is 64.7 Å². The minimum atomic E-state index is -3.50. The second kappa shape index (κ2) is 7.17. The first-order chi connectivity index (χ1) is 13.4. The summed E-state index contributed by atoms with van der Waals surface area (Å²) in [4.78, 5) is 15.0. The number of sulfonamides is 1. The third kappa shape index (κ3) is 3.04. The van der Waals surface area contributed by atoms with Crippen molar-refractivity contribution in [1.82, 2.24) is 4.31 Å². The van der Waals surface area contributed by atoms with Crippen molar-refractivity contribution in [2.45, 2.75) is 30.9 Å². The molecule has 5 nitrogen and oxygen atoms in total. The van der Waals surface area contributed by atoms with Crippen LogP contribution in [0.2, 0.25) is 5.02 Å². The number of anilines is 1. The van der Waals surface area contributed by atoms with Crippen LogP contribution in [0.5, 0.6) is 0 Å². The van der Waals surface area contributed by atoms with E-state index in [1.54, 1.807) is 24.3 Å². The molecule has 148 valence electrons. The van der Waals surface area contributed by atoms with Crippen LogP contribution in [-0.2, 0) is 26.0 Å². The number of para-hydroxylation sites is 1. The van der Waals surface area contributed by atoms with E-state index in [1.807, 2.05) is 36.1 Å². The highest BCUT2D eigenvalue weighted by atomic mass is 35.5. The second-order valence-electron chi connectivity index (χ2n) is 7.40. The van der Waals surface area contributed by atoms with Crippen molar-refractivity contribution >= 4 is 33.2 Å². The van der Waals surface area contributed by atoms with Crippen LogP contribution in [0.25, 0.3) is 0 Å². The molecule has 4 rings (SSSR count). The van der Waals surface area contributed by atoms with E-state index in [2.05, 4.69) is 0 Å². The van der Waals surface area contributed by atoms with Crippen molar-refractivity contribution in [2.24, 2.45) is 0 Å². The molecular formula is C21H23ClN2O3S. The van der Waals surface area contributed by atoms with Gasteiger partial charge in [0.2, 0.25) is 15.9 Å². The molecule has 2 aliphatic heterocycles. The van der Waals surface area contributed by atoms with Gasteiger partial charge in [0.05, 0.1) is 11.2 Å². The first-order valence-corrected chi connectivity index (χ1v) is 11.5. The van der Waals surface area contributed by atoms with Crippen molar-refractivity contribution < 1.29 is 13.2 Å². The summed E-state index contributed by atoms with van der Waals surface area (Å²) in [6, 6.07) is 14.9. The average molecular weight is 419 g/mol. The fourth-order valence-electron chi connectivity index (χ4n) is 4.44. The Morgan fingerprint density at radius 3 is 2.36 bits per heavy atom. The van der Waals surface area contributed by atoms with Gasteiger partial charge >= 0.3 is 0 Å². The maximum atomic E-state index is 13.2. The number of hydrogen-bond donors (Lipinski definition) is 0. The summed E-state index contributed by atoms with van der Waals surface area (Å²) in [5.74, 6) is -0.0231. The van der Waals surface area contributed by atoms with Gasteiger partial charge < -0.3 is 4.90 Å². The van der Waals surface area contributed by atoms with E-state index in [9.17, 15) is 13.2 Å². The van der Waals surface area contributed by atoms with E-state index in [0.717, 1.165) is 11.3 Å². The van der Waals surface area contributed by atoms with E-state index < -0.39 is 15.4 Å². The standard InChI is InChI=1S/C21H23ClN2O3S/c1-2-24-19-10-6-4-8-17(19)21(20(24)25)11-13-23(14-12-21)28(26,27)15-16-7-3-5-9-18(16)22/h3-10H,2,11-15H2,1H3. The topological polar surface area (TPSA) is 57.7 Å². The van der Waals surface area contributed by atoms with Gasteiger partial charge in [-0.1, -0.05) is 48.0 Å². The van der Waals surface area contributed by atoms with Crippen LogP contribution in [0.1, 0.15) is 30.9 Å². The largest absolute Gasteiger partial charge is 0.312 e. The number of amides is 1. The summed E-state index contributed by atoms with van der Waals surface area (Å²) in [5, 5.41) is 0.457. The highest BCUT2D eigenvalue weighted by Gasteiger charge is 2.52. The Morgan fingerprint density at radius 1 is 1.04 bits per heavy atom. The molecule has 2 aromatic rings. The second-order valence-corrected chi connectivity index (χ2v) is 9.77. The molecule has 28 heavy (non-hydrogen) atoms. The number of carbonyl (C=O) groups is 1. The summed E-state index contributed by atoms with van der Waals surface area (Å²) in [7, 11) is -3.50. The number of halogens is 1. The molecular weight excluding hydrogens is 396 g/mol. The molecule has 0 unspecified atom stereocenters. The third-order valence-electron chi connectivity index (χ3n) is 5.95. The molecule has 0 N–H and O–H groups in total. The molecule has 2 aliphatic rings. The monoisotopic (exact) mass is 418 g/mol. The van der Waals surface area contributed by atoms with Gasteiger partial charge in [-0.25, -0.2) is 12.7 Å². The average Bonchev–Trinajstić information content (AvgIpc) is 2.92. The number of piperidine rings is 1. The normalized spacial score (nSPS) is 19.2. The Hall–Kier alpha value is -1.89. The molecule has 0 atom stereocenters. The minimum Gasteiger partial charge on any atom is -0.312 e. The van der Waals surface area contributed by atoms with Gasteiger partial charge in [-0.3, -0.25) is 4.79 Å². The molecule has 2 aromatic carbocycles. The zero-order valence-corrected chi connectivity index (χ0v) is 17.3. The molecule has 0 saturated carbocycles. The van der Waals surface area contributed by atoms with Crippen LogP contribution in [0.3, 0.4) is 0 Å². The minimum absolute atomic E-state index is 0.0966. The van der Waals surface area contributed by atoms with Crippen LogP contribution in [0, 0.1) is 0 Å². The highest BCUT2D eigenvalue weighted by molar-refractivity contribution is 7.88. The number of fused-ring (bicyclic) bond motifs is 2. The van der Waals surface area contributed by atoms with Gasteiger partial charge in [0.25, 0.3) is 0 Å². The van der Waals surface area contributed by atoms with Crippen LogP contribution in [0.4, 0.5) is 5.69 Å². The van der Waals surface area contributed by atoms with Gasteiger partial charge in [0.15, 0.2) is 0 Å². The maximum Gasteiger partial charge on any atom is 0.237 e. The van der Waals surface area contributed by atoms with Gasteiger partial charge in [0, 0.05) is 30.3 Å². The summed E-state index contributed by atoms with van der Waals surface area (Å²) in [6.45, 7) is 3.26. The van der Waals surface area contributed by atoms with Crippen molar-refractivity contribution in [1.29, 1.82) is 0 Å². The molecule has 1 fully saturated rings. The number of hydrogen-bond acceptors (Lipinski definition) is 3. The molecule has 2 heterocycles. The summed E-state index contributed by atoms with van der Waals surface area (Å²) in [5.41, 5.74) is 1.99. The Labute approximate surface area is 171 Å². The summed E-state index contributed by atoms with van der Waals surface area (Å²) < 4.78 is 27.4. The van der Waals surface area contributed by atoms with Crippen molar-refractivity contribution in [3.63, 3.8) is 0 Å². The van der Waals surface area contributed by atoms with Crippen LogP contribution in [0.15, 0.2) is 48.5 Å². The highest BCUT2D eigenvalue weighted by Crippen LogP contribution is 2.48. The Balaban J connectivity index is 1.56. The molecule has 0 bridgehead atoms. The zero-order valence-electron chi connectivity index (χ0n) is 15.8. The van der Waals surface area contributed by atoms with E-state index in [-0.39, 0.29) is 11.7 Å². The third-order valence-corrected chi connectivity index (χ3v) is 8.14. The quantitative estimate of drug-likeness (QED) is 0.762. The number of likely N-dealkylation sites (N-methyl/N-ethyl adjacent to an activating group) is 1. The molecule has 1 amide bonds. The number of benzene rings is 2. The lowest BCUT2D eigenvalue weighted by Gasteiger charge is -2.37. The fraction of sp³-hybridized carbons (Fsp3) is 0.381. The molecule has 1 saturated heterocycles. The molecule has 0 aromatic heterocycles. The van der Waals surface area contributed by atoms with E-state index in [0.29, 0.717) is 43.1 Å².